The highest BCUT2D eigenvalue weighted by atomic mass is 16.2. The van der Waals surface area contributed by atoms with E-state index < -0.39 is 0 Å². The third-order valence-electron chi connectivity index (χ3n) is 3.82. The van der Waals surface area contributed by atoms with Crippen molar-refractivity contribution in [1.29, 1.82) is 0 Å². The van der Waals surface area contributed by atoms with Crippen LogP contribution in [0.15, 0.2) is 12.7 Å². The molecule has 2 N–H and O–H groups in total. The molecule has 0 aromatic heterocycles. The summed E-state index contributed by atoms with van der Waals surface area (Å²) in [5.41, 5.74) is 0. The molecule has 1 atom stereocenters. The van der Waals surface area contributed by atoms with Crippen LogP contribution in [0.3, 0.4) is 0 Å². The predicted octanol–water partition coefficient (Wildman–Crippen LogP) is -1.43. The molecule has 2 fully saturated rings. The second-order valence-corrected chi connectivity index (χ2v) is 5.40. The van der Waals surface area contributed by atoms with Gasteiger partial charge in [-0.3, -0.25) is 19.3 Å². The maximum Gasteiger partial charge on any atom is 0.234 e. The highest BCUT2D eigenvalue weighted by molar-refractivity contribution is 5.89. The summed E-state index contributed by atoms with van der Waals surface area (Å²) in [4.78, 5) is 38.8. The SMILES string of the molecule is C=CCNC(=O)CN1CCN(C(=O)C2CNC(=O)C2)CC1. The van der Waals surface area contributed by atoms with Gasteiger partial charge in [0.2, 0.25) is 17.7 Å². The number of rotatable bonds is 5. The molecule has 2 aliphatic rings. The molecule has 2 heterocycles. The van der Waals surface area contributed by atoms with E-state index >= 15 is 0 Å². The van der Waals surface area contributed by atoms with Gasteiger partial charge in [-0.2, -0.15) is 0 Å². The van der Waals surface area contributed by atoms with Gasteiger partial charge >= 0.3 is 0 Å². The van der Waals surface area contributed by atoms with Gasteiger partial charge in [0.25, 0.3) is 0 Å². The normalized spacial score (nSPS) is 22.8. The topological polar surface area (TPSA) is 81.8 Å². The Morgan fingerprint density at radius 2 is 2.05 bits per heavy atom. The Balaban J connectivity index is 1.72. The van der Waals surface area contributed by atoms with Gasteiger partial charge < -0.3 is 15.5 Å². The fraction of sp³-hybridized carbons (Fsp3) is 0.643. The highest BCUT2D eigenvalue weighted by Crippen LogP contribution is 2.14. The van der Waals surface area contributed by atoms with Gasteiger partial charge in [0.15, 0.2) is 0 Å². The second-order valence-electron chi connectivity index (χ2n) is 5.40. The standard InChI is InChI=1S/C14H22N4O3/c1-2-3-15-13(20)10-17-4-6-18(7-5-17)14(21)11-8-12(19)16-9-11/h2,11H,1,3-10H2,(H,15,20)(H,16,19). The van der Waals surface area contributed by atoms with Crippen LogP contribution in [0.25, 0.3) is 0 Å². The van der Waals surface area contributed by atoms with E-state index in [9.17, 15) is 14.4 Å². The fourth-order valence-electron chi connectivity index (χ4n) is 2.61. The van der Waals surface area contributed by atoms with Crippen molar-refractivity contribution in [2.24, 2.45) is 5.92 Å². The largest absolute Gasteiger partial charge is 0.355 e. The Bertz CT molecular complexity index is 430. The molecule has 0 aromatic carbocycles. The number of hydrogen-bond acceptors (Lipinski definition) is 4. The zero-order valence-electron chi connectivity index (χ0n) is 12.1. The van der Waals surface area contributed by atoms with Crippen molar-refractivity contribution in [3.05, 3.63) is 12.7 Å². The van der Waals surface area contributed by atoms with Crippen LogP contribution in [-0.2, 0) is 14.4 Å². The number of amides is 3. The first-order valence-electron chi connectivity index (χ1n) is 7.25. The van der Waals surface area contributed by atoms with E-state index in [1.54, 1.807) is 11.0 Å². The Hall–Kier alpha value is -1.89. The summed E-state index contributed by atoms with van der Waals surface area (Å²) in [7, 11) is 0. The van der Waals surface area contributed by atoms with Crippen LogP contribution >= 0.6 is 0 Å². The minimum atomic E-state index is -0.222. The maximum absolute atomic E-state index is 12.2. The number of nitrogens with zero attached hydrogens (tertiary/aromatic N) is 2. The molecule has 2 aliphatic heterocycles. The minimum absolute atomic E-state index is 0.0275. The molecule has 0 saturated carbocycles. The third-order valence-corrected chi connectivity index (χ3v) is 3.82. The van der Waals surface area contributed by atoms with Crippen LogP contribution in [0.2, 0.25) is 0 Å². The third kappa shape index (κ3) is 4.29. The molecule has 0 bridgehead atoms. The summed E-state index contributed by atoms with van der Waals surface area (Å²) >= 11 is 0. The van der Waals surface area contributed by atoms with Gasteiger partial charge in [-0.1, -0.05) is 6.08 Å². The minimum Gasteiger partial charge on any atom is -0.355 e. The zero-order chi connectivity index (χ0) is 15.2. The number of nitrogens with one attached hydrogen (secondary N) is 2. The van der Waals surface area contributed by atoms with Crippen molar-refractivity contribution in [2.75, 3.05) is 45.8 Å². The van der Waals surface area contributed by atoms with Crippen LogP contribution in [0.4, 0.5) is 0 Å². The van der Waals surface area contributed by atoms with Crippen LogP contribution in [-0.4, -0.2) is 73.3 Å². The van der Waals surface area contributed by atoms with E-state index in [2.05, 4.69) is 17.2 Å². The first-order chi connectivity index (χ1) is 10.1. The van der Waals surface area contributed by atoms with Gasteiger partial charge in [0.05, 0.1) is 12.5 Å². The quantitative estimate of drug-likeness (QED) is 0.609. The molecule has 0 radical (unpaired) electrons. The van der Waals surface area contributed by atoms with Crippen LogP contribution in [0.5, 0.6) is 0 Å². The van der Waals surface area contributed by atoms with E-state index in [4.69, 9.17) is 0 Å². The van der Waals surface area contributed by atoms with E-state index in [0.717, 1.165) is 0 Å². The van der Waals surface area contributed by atoms with E-state index in [0.29, 0.717) is 52.2 Å². The van der Waals surface area contributed by atoms with Crippen LogP contribution < -0.4 is 10.6 Å². The van der Waals surface area contributed by atoms with E-state index in [-0.39, 0.29) is 23.6 Å². The lowest BCUT2D eigenvalue weighted by molar-refractivity contribution is -0.137. The van der Waals surface area contributed by atoms with Gasteiger partial charge in [0.1, 0.15) is 0 Å². The van der Waals surface area contributed by atoms with Gasteiger partial charge in [-0.05, 0) is 0 Å². The molecule has 0 spiro atoms. The molecule has 21 heavy (non-hydrogen) atoms. The second kappa shape index (κ2) is 7.21. The van der Waals surface area contributed by atoms with Crippen molar-refractivity contribution in [2.45, 2.75) is 6.42 Å². The molecule has 2 saturated heterocycles. The molecule has 7 heteroatoms. The smallest absolute Gasteiger partial charge is 0.234 e. The molecule has 116 valence electrons. The van der Waals surface area contributed by atoms with Gasteiger partial charge in [0, 0.05) is 45.7 Å². The molecule has 7 nitrogen and oxygen atoms in total. The Morgan fingerprint density at radius 1 is 1.33 bits per heavy atom. The zero-order valence-corrected chi connectivity index (χ0v) is 12.1. The molecule has 2 rings (SSSR count). The first kappa shape index (κ1) is 15.5. The summed E-state index contributed by atoms with van der Waals surface area (Å²) in [6.07, 6.45) is 1.94. The Kier molecular flexibility index (Phi) is 5.32. The van der Waals surface area contributed by atoms with E-state index in [1.165, 1.54) is 0 Å². The lowest BCUT2D eigenvalue weighted by Gasteiger charge is -2.35. The van der Waals surface area contributed by atoms with Crippen LogP contribution in [0.1, 0.15) is 6.42 Å². The van der Waals surface area contributed by atoms with Gasteiger partial charge in [-0.15, -0.1) is 6.58 Å². The summed E-state index contributed by atoms with van der Waals surface area (Å²) in [6.45, 7) is 7.40. The molecular formula is C14H22N4O3. The number of carbonyl (C=O) groups excluding carboxylic acids is 3. The van der Waals surface area contributed by atoms with Crippen molar-refractivity contribution < 1.29 is 14.4 Å². The molecular weight excluding hydrogens is 272 g/mol. The van der Waals surface area contributed by atoms with Crippen molar-refractivity contribution in [3.8, 4) is 0 Å². The van der Waals surface area contributed by atoms with E-state index in [1.807, 2.05) is 4.90 Å². The number of carbonyl (C=O) groups is 3. The highest BCUT2D eigenvalue weighted by Gasteiger charge is 2.32. The fourth-order valence-corrected chi connectivity index (χ4v) is 2.61. The summed E-state index contributed by atoms with van der Waals surface area (Å²) < 4.78 is 0. The number of hydrogen-bond donors (Lipinski definition) is 2. The lowest BCUT2D eigenvalue weighted by atomic mass is 10.1. The summed E-state index contributed by atoms with van der Waals surface area (Å²) in [5.74, 6) is -0.254. The van der Waals surface area contributed by atoms with Crippen LogP contribution in [0, 0.1) is 5.92 Å². The van der Waals surface area contributed by atoms with Gasteiger partial charge in [-0.25, -0.2) is 0 Å². The average Bonchev–Trinajstić information content (AvgIpc) is 2.92. The number of piperazine rings is 1. The van der Waals surface area contributed by atoms with Crippen molar-refractivity contribution in [3.63, 3.8) is 0 Å². The first-order valence-corrected chi connectivity index (χ1v) is 7.25. The Labute approximate surface area is 124 Å². The predicted molar refractivity (Wildman–Crippen MR) is 77.3 cm³/mol. The molecule has 1 unspecified atom stereocenters. The average molecular weight is 294 g/mol. The van der Waals surface area contributed by atoms with Crippen molar-refractivity contribution >= 4 is 17.7 Å². The summed E-state index contributed by atoms with van der Waals surface area (Å²) in [5, 5.41) is 5.42. The Morgan fingerprint density at radius 3 is 2.62 bits per heavy atom. The maximum atomic E-state index is 12.2. The monoisotopic (exact) mass is 294 g/mol. The summed E-state index contributed by atoms with van der Waals surface area (Å²) in [6, 6.07) is 0. The molecule has 0 aliphatic carbocycles. The van der Waals surface area contributed by atoms with Crippen molar-refractivity contribution in [1.82, 2.24) is 20.4 Å². The molecule has 0 aromatic rings. The molecule has 3 amide bonds. The lowest BCUT2D eigenvalue weighted by Crippen LogP contribution is -2.52.